The molecule has 0 aliphatic carbocycles. The lowest BCUT2D eigenvalue weighted by Crippen LogP contribution is -2.44. The molecule has 0 radical (unpaired) electrons. The van der Waals surface area contributed by atoms with Gasteiger partial charge in [-0.1, -0.05) is 12.1 Å². The number of nitrogens with zero attached hydrogens (tertiary/aromatic N) is 3. The molecule has 1 aromatic heterocycles. The topological polar surface area (TPSA) is 67.3 Å². The minimum atomic E-state index is -0.285. The molecule has 1 aliphatic rings. The summed E-state index contributed by atoms with van der Waals surface area (Å²) < 4.78 is 18.4. The third-order valence-corrected chi connectivity index (χ3v) is 4.70. The van der Waals surface area contributed by atoms with Gasteiger partial charge in [0.15, 0.2) is 0 Å². The van der Waals surface area contributed by atoms with Crippen LogP contribution >= 0.6 is 0 Å². The summed E-state index contributed by atoms with van der Waals surface area (Å²) in [6.07, 6.45) is 6.00. The number of nitrogens with one attached hydrogen (secondary N) is 1. The maximum absolute atomic E-state index is 13.4. The second-order valence-electron chi connectivity index (χ2n) is 6.70. The molecule has 27 heavy (non-hydrogen) atoms. The second-order valence-corrected chi connectivity index (χ2v) is 6.70. The van der Waals surface area contributed by atoms with E-state index >= 15 is 0 Å². The maximum Gasteiger partial charge on any atom is 0.225 e. The number of aromatic nitrogens is 2. The molecule has 144 valence electrons. The van der Waals surface area contributed by atoms with Gasteiger partial charge in [0.05, 0.1) is 5.92 Å². The summed E-state index contributed by atoms with van der Waals surface area (Å²) in [6, 6.07) is 6.36. The molecule has 1 saturated heterocycles. The molecule has 0 spiro atoms. The summed E-state index contributed by atoms with van der Waals surface area (Å²) in [5.74, 6) is 0.332. The predicted molar refractivity (Wildman–Crippen MR) is 102 cm³/mol. The molecule has 7 heteroatoms. The first kappa shape index (κ1) is 19.2. The molecule has 1 aromatic carbocycles. The van der Waals surface area contributed by atoms with E-state index in [1.807, 2.05) is 11.0 Å². The lowest BCUT2D eigenvalue weighted by atomic mass is 9.97. The monoisotopic (exact) mass is 372 g/mol. The molecule has 1 atom stereocenters. The molecule has 1 amide bonds. The standard InChI is InChI=1S/C20H25FN4O2/c1-27-10-4-8-22-19(26)16-6-3-9-25(14-16)20-23-12-17(13-24-20)15-5-2-7-18(21)11-15/h2,5,7,11-13,16H,3-4,6,8-10,14H2,1H3,(H,22,26). The number of hydrogen-bond donors (Lipinski definition) is 1. The van der Waals surface area contributed by atoms with Gasteiger partial charge in [-0.15, -0.1) is 0 Å². The third-order valence-electron chi connectivity index (χ3n) is 4.70. The highest BCUT2D eigenvalue weighted by Crippen LogP contribution is 2.23. The maximum atomic E-state index is 13.4. The molecular formula is C20H25FN4O2. The first-order valence-corrected chi connectivity index (χ1v) is 9.27. The van der Waals surface area contributed by atoms with Crippen molar-refractivity contribution in [2.24, 2.45) is 5.92 Å². The van der Waals surface area contributed by atoms with Crippen LogP contribution in [0.2, 0.25) is 0 Å². The molecule has 1 aliphatic heterocycles. The van der Waals surface area contributed by atoms with E-state index in [1.165, 1.54) is 12.1 Å². The highest BCUT2D eigenvalue weighted by atomic mass is 19.1. The van der Waals surface area contributed by atoms with E-state index in [4.69, 9.17) is 4.74 Å². The minimum Gasteiger partial charge on any atom is -0.385 e. The van der Waals surface area contributed by atoms with E-state index in [9.17, 15) is 9.18 Å². The lowest BCUT2D eigenvalue weighted by molar-refractivity contribution is -0.125. The van der Waals surface area contributed by atoms with Gasteiger partial charge in [-0.05, 0) is 37.0 Å². The van der Waals surface area contributed by atoms with Crippen LogP contribution in [0.3, 0.4) is 0 Å². The Balaban J connectivity index is 1.60. The third kappa shape index (κ3) is 5.23. The van der Waals surface area contributed by atoms with Crippen molar-refractivity contribution in [3.8, 4) is 11.1 Å². The molecule has 6 nitrogen and oxygen atoms in total. The Labute approximate surface area is 158 Å². The van der Waals surface area contributed by atoms with Gasteiger partial charge >= 0.3 is 0 Å². The van der Waals surface area contributed by atoms with Crippen LogP contribution in [0.4, 0.5) is 10.3 Å². The number of rotatable bonds is 7. The zero-order valence-electron chi connectivity index (χ0n) is 15.5. The Bertz CT molecular complexity index is 754. The largest absolute Gasteiger partial charge is 0.385 e. The number of anilines is 1. The van der Waals surface area contributed by atoms with Crippen LogP contribution in [-0.2, 0) is 9.53 Å². The zero-order valence-corrected chi connectivity index (χ0v) is 15.5. The van der Waals surface area contributed by atoms with E-state index in [-0.39, 0.29) is 17.6 Å². The number of benzene rings is 1. The van der Waals surface area contributed by atoms with Crippen LogP contribution in [0.25, 0.3) is 11.1 Å². The van der Waals surface area contributed by atoms with Crippen molar-refractivity contribution < 1.29 is 13.9 Å². The summed E-state index contributed by atoms with van der Waals surface area (Å²) in [6.45, 7) is 2.70. The first-order valence-electron chi connectivity index (χ1n) is 9.27. The van der Waals surface area contributed by atoms with Crippen LogP contribution in [-0.4, -0.2) is 49.2 Å². The molecule has 2 heterocycles. The van der Waals surface area contributed by atoms with Gasteiger partial charge in [0.1, 0.15) is 5.82 Å². The molecule has 2 aromatic rings. The second kappa shape index (κ2) is 9.41. The predicted octanol–water partition coefficient (Wildman–Crippen LogP) is 2.65. The van der Waals surface area contributed by atoms with Crippen molar-refractivity contribution in [2.45, 2.75) is 19.3 Å². The fourth-order valence-electron chi connectivity index (χ4n) is 3.25. The van der Waals surface area contributed by atoms with Crippen LogP contribution in [0.1, 0.15) is 19.3 Å². The SMILES string of the molecule is COCCCNC(=O)C1CCCN(c2ncc(-c3cccc(F)c3)cn2)C1. The van der Waals surface area contributed by atoms with Gasteiger partial charge in [-0.2, -0.15) is 0 Å². The van der Waals surface area contributed by atoms with Crippen LogP contribution in [0.5, 0.6) is 0 Å². The van der Waals surface area contributed by atoms with E-state index in [0.717, 1.165) is 36.9 Å². The van der Waals surface area contributed by atoms with Crippen molar-refractivity contribution in [1.82, 2.24) is 15.3 Å². The van der Waals surface area contributed by atoms with E-state index in [1.54, 1.807) is 25.6 Å². The lowest BCUT2D eigenvalue weighted by Gasteiger charge is -2.32. The van der Waals surface area contributed by atoms with Crippen molar-refractivity contribution in [3.63, 3.8) is 0 Å². The summed E-state index contributed by atoms with van der Waals surface area (Å²) in [4.78, 5) is 23.3. The fourth-order valence-corrected chi connectivity index (χ4v) is 3.25. The highest BCUT2D eigenvalue weighted by molar-refractivity contribution is 5.79. The highest BCUT2D eigenvalue weighted by Gasteiger charge is 2.26. The average molecular weight is 372 g/mol. The van der Waals surface area contributed by atoms with Crippen molar-refractivity contribution >= 4 is 11.9 Å². The Morgan fingerprint density at radius 2 is 2.15 bits per heavy atom. The summed E-state index contributed by atoms with van der Waals surface area (Å²) in [7, 11) is 1.65. The van der Waals surface area contributed by atoms with Crippen LogP contribution in [0, 0.1) is 11.7 Å². The normalized spacial score (nSPS) is 17.0. The molecule has 0 saturated carbocycles. The molecule has 3 rings (SSSR count). The molecule has 1 N–H and O–H groups in total. The van der Waals surface area contributed by atoms with Crippen molar-refractivity contribution in [3.05, 3.63) is 42.5 Å². The van der Waals surface area contributed by atoms with Gasteiger partial charge in [0, 0.05) is 51.3 Å². The van der Waals surface area contributed by atoms with E-state index in [0.29, 0.717) is 25.6 Å². The Kier molecular flexibility index (Phi) is 6.70. The van der Waals surface area contributed by atoms with E-state index < -0.39 is 0 Å². The number of methoxy groups -OCH3 is 1. The van der Waals surface area contributed by atoms with Crippen LogP contribution < -0.4 is 10.2 Å². The number of carbonyl (C=O) groups excluding carboxylic acids is 1. The number of carbonyl (C=O) groups is 1. The summed E-state index contributed by atoms with van der Waals surface area (Å²) in [5.41, 5.74) is 1.51. The molecule has 1 unspecified atom stereocenters. The van der Waals surface area contributed by atoms with E-state index in [2.05, 4.69) is 15.3 Å². The molecule has 1 fully saturated rings. The molecular weight excluding hydrogens is 347 g/mol. The Morgan fingerprint density at radius 3 is 2.89 bits per heavy atom. The van der Waals surface area contributed by atoms with Crippen LogP contribution in [0.15, 0.2) is 36.7 Å². The van der Waals surface area contributed by atoms with Gasteiger partial charge < -0.3 is 15.0 Å². The Morgan fingerprint density at radius 1 is 1.33 bits per heavy atom. The number of ether oxygens (including phenoxy) is 1. The van der Waals surface area contributed by atoms with Gasteiger partial charge in [-0.3, -0.25) is 4.79 Å². The molecule has 0 bridgehead atoms. The van der Waals surface area contributed by atoms with Crippen molar-refractivity contribution in [2.75, 3.05) is 38.3 Å². The smallest absolute Gasteiger partial charge is 0.225 e. The Hall–Kier alpha value is -2.54. The number of piperidine rings is 1. The summed E-state index contributed by atoms with van der Waals surface area (Å²) in [5, 5.41) is 2.97. The van der Waals surface area contributed by atoms with Crippen molar-refractivity contribution in [1.29, 1.82) is 0 Å². The average Bonchev–Trinajstić information content (AvgIpc) is 2.71. The fraction of sp³-hybridized carbons (Fsp3) is 0.450. The first-order chi connectivity index (χ1) is 13.2. The van der Waals surface area contributed by atoms with Gasteiger partial charge in [0.2, 0.25) is 11.9 Å². The summed E-state index contributed by atoms with van der Waals surface area (Å²) >= 11 is 0. The number of amides is 1. The number of hydrogen-bond acceptors (Lipinski definition) is 5. The number of halogens is 1. The zero-order chi connectivity index (χ0) is 19.1. The van der Waals surface area contributed by atoms with Gasteiger partial charge in [0.25, 0.3) is 0 Å². The van der Waals surface area contributed by atoms with Gasteiger partial charge in [-0.25, -0.2) is 14.4 Å². The quantitative estimate of drug-likeness (QED) is 0.757. The minimum absolute atomic E-state index is 0.0622.